The van der Waals surface area contributed by atoms with E-state index in [0.29, 0.717) is 11.1 Å². The first-order chi connectivity index (χ1) is 11.6. The highest BCUT2D eigenvalue weighted by atomic mass is 16.5. The number of carbonyl (C=O) groups excluding carboxylic acids is 3. The van der Waals surface area contributed by atoms with Gasteiger partial charge in [0, 0.05) is 12.0 Å². The fourth-order valence-corrected chi connectivity index (χ4v) is 3.04. The number of carbonyl (C=O) groups is 3. The third kappa shape index (κ3) is 2.80. The molecule has 0 unspecified atom stereocenters. The van der Waals surface area contributed by atoms with E-state index < -0.39 is 18.1 Å². The van der Waals surface area contributed by atoms with Gasteiger partial charge in [-0.1, -0.05) is 48.5 Å². The van der Waals surface area contributed by atoms with Crippen LogP contribution in [0.1, 0.15) is 28.4 Å². The molecule has 1 fully saturated rings. The summed E-state index contributed by atoms with van der Waals surface area (Å²) in [6.45, 7) is 0. The van der Waals surface area contributed by atoms with Gasteiger partial charge in [0.15, 0.2) is 5.78 Å². The van der Waals surface area contributed by atoms with Crippen LogP contribution in [0.4, 0.5) is 0 Å². The average Bonchev–Trinajstić information content (AvgIpc) is 2.99. The first-order valence-corrected chi connectivity index (χ1v) is 7.66. The summed E-state index contributed by atoms with van der Waals surface area (Å²) >= 11 is 0. The van der Waals surface area contributed by atoms with Gasteiger partial charge in [0.25, 0.3) is 5.91 Å². The lowest BCUT2D eigenvalue weighted by Gasteiger charge is -2.28. The van der Waals surface area contributed by atoms with Gasteiger partial charge in [0.2, 0.25) is 0 Å². The van der Waals surface area contributed by atoms with Crippen LogP contribution in [0, 0.1) is 0 Å². The van der Waals surface area contributed by atoms with Crippen molar-refractivity contribution in [2.75, 3.05) is 7.11 Å². The Morgan fingerprint density at radius 3 is 2.17 bits per heavy atom. The van der Waals surface area contributed by atoms with Gasteiger partial charge in [-0.3, -0.25) is 9.59 Å². The zero-order valence-corrected chi connectivity index (χ0v) is 13.2. The van der Waals surface area contributed by atoms with E-state index >= 15 is 0 Å². The van der Waals surface area contributed by atoms with Gasteiger partial charge in [-0.25, -0.2) is 4.79 Å². The fraction of sp³-hybridized carbons (Fsp3) is 0.211. The van der Waals surface area contributed by atoms with E-state index in [1.807, 2.05) is 6.07 Å². The van der Waals surface area contributed by atoms with Gasteiger partial charge in [-0.15, -0.1) is 0 Å². The minimum absolute atomic E-state index is 0.0369. The number of likely N-dealkylation sites (tertiary alicyclic amines) is 1. The van der Waals surface area contributed by atoms with E-state index in [9.17, 15) is 14.4 Å². The average molecular weight is 323 g/mol. The molecule has 5 heteroatoms. The van der Waals surface area contributed by atoms with Gasteiger partial charge >= 0.3 is 5.97 Å². The van der Waals surface area contributed by atoms with Crippen LogP contribution in [0.2, 0.25) is 0 Å². The molecule has 3 rings (SSSR count). The Balaban J connectivity index is 2.05. The van der Waals surface area contributed by atoms with Gasteiger partial charge in [0.05, 0.1) is 7.11 Å². The lowest BCUT2D eigenvalue weighted by molar-refractivity contribution is -0.145. The molecule has 0 radical (unpaired) electrons. The van der Waals surface area contributed by atoms with E-state index in [0.717, 1.165) is 0 Å². The van der Waals surface area contributed by atoms with E-state index in [1.54, 1.807) is 54.6 Å². The molecule has 1 amide bonds. The molecule has 0 spiro atoms. The number of ketones is 1. The highest BCUT2D eigenvalue weighted by molar-refractivity contribution is 6.04. The lowest BCUT2D eigenvalue weighted by Crippen LogP contribution is -2.42. The molecule has 2 atom stereocenters. The Labute approximate surface area is 139 Å². The summed E-state index contributed by atoms with van der Waals surface area (Å²) in [4.78, 5) is 39.0. The van der Waals surface area contributed by atoms with Gasteiger partial charge < -0.3 is 9.64 Å². The van der Waals surface area contributed by atoms with Crippen molar-refractivity contribution >= 4 is 17.7 Å². The molecular weight excluding hydrogens is 306 g/mol. The monoisotopic (exact) mass is 323 g/mol. The standard InChI is InChI=1S/C19H17NO4/c1-24-19(23)15-12-16(21)17(13-8-4-2-5-9-13)20(15)18(22)14-10-6-3-7-11-14/h2-11,15,17H,12H2,1H3/t15-,17-/m0/s1. The molecule has 2 aromatic rings. The Morgan fingerprint density at radius 1 is 1.00 bits per heavy atom. The van der Waals surface area contributed by atoms with Crippen molar-refractivity contribution in [3.8, 4) is 0 Å². The third-order valence-corrected chi connectivity index (χ3v) is 4.16. The highest BCUT2D eigenvalue weighted by Gasteiger charge is 2.47. The van der Waals surface area contributed by atoms with E-state index in [2.05, 4.69) is 0 Å². The second kappa shape index (κ2) is 6.66. The van der Waals surface area contributed by atoms with Crippen LogP contribution in [0.3, 0.4) is 0 Å². The van der Waals surface area contributed by atoms with Crippen molar-refractivity contribution < 1.29 is 19.1 Å². The summed E-state index contributed by atoms with van der Waals surface area (Å²) in [6, 6.07) is 16.0. The van der Waals surface area contributed by atoms with Crippen LogP contribution in [-0.2, 0) is 14.3 Å². The molecule has 0 saturated carbocycles. The van der Waals surface area contributed by atoms with Gasteiger partial charge in [-0.2, -0.15) is 0 Å². The number of esters is 1. The first-order valence-electron chi connectivity index (χ1n) is 7.66. The van der Waals surface area contributed by atoms with Gasteiger partial charge in [0.1, 0.15) is 12.1 Å². The number of hydrogen-bond acceptors (Lipinski definition) is 4. The second-order valence-electron chi connectivity index (χ2n) is 5.60. The van der Waals surface area contributed by atoms with Crippen LogP contribution < -0.4 is 0 Å². The fourth-order valence-electron chi connectivity index (χ4n) is 3.04. The quantitative estimate of drug-likeness (QED) is 0.814. The molecule has 0 N–H and O–H groups in total. The van der Waals surface area contributed by atoms with E-state index in [1.165, 1.54) is 12.0 Å². The number of methoxy groups -OCH3 is 1. The van der Waals surface area contributed by atoms with Crippen LogP contribution in [0.15, 0.2) is 60.7 Å². The van der Waals surface area contributed by atoms with Crippen molar-refractivity contribution in [2.24, 2.45) is 0 Å². The van der Waals surface area contributed by atoms with E-state index in [-0.39, 0.29) is 18.1 Å². The third-order valence-electron chi connectivity index (χ3n) is 4.16. The van der Waals surface area contributed by atoms with Crippen molar-refractivity contribution in [1.82, 2.24) is 4.90 Å². The van der Waals surface area contributed by atoms with Crippen LogP contribution in [0.5, 0.6) is 0 Å². The molecule has 1 aliphatic rings. The van der Waals surface area contributed by atoms with Crippen molar-refractivity contribution in [2.45, 2.75) is 18.5 Å². The number of hydrogen-bond donors (Lipinski definition) is 0. The second-order valence-corrected chi connectivity index (χ2v) is 5.60. The molecule has 1 saturated heterocycles. The molecule has 5 nitrogen and oxygen atoms in total. The number of nitrogens with zero attached hydrogens (tertiary/aromatic N) is 1. The predicted octanol–water partition coefficient (Wildman–Crippen LogP) is 2.38. The number of Topliss-reactive ketones (excluding diaryl/α,β-unsaturated/α-hetero) is 1. The molecule has 0 aromatic heterocycles. The summed E-state index contributed by atoms with van der Waals surface area (Å²) in [7, 11) is 1.26. The Morgan fingerprint density at radius 2 is 1.58 bits per heavy atom. The summed E-state index contributed by atoms with van der Waals surface area (Å²) in [5.41, 5.74) is 1.13. The smallest absolute Gasteiger partial charge is 0.329 e. The van der Waals surface area contributed by atoms with Crippen LogP contribution in [-0.4, -0.2) is 35.7 Å². The summed E-state index contributed by atoms with van der Waals surface area (Å²) in [5, 5.41) is 0. The summed E-state index contributed by atoms with van der Waals surface area (Å²) < 4.78 is 4.80. The summed E-state index contributed by atoms with van der Waals surface area (Å²) in [5.74, 6) is -1.10. The highest BCUT2D eigenvalue weighted by Crippen LogP contribution is 2.35. The van der Waals surface area contributed by atoms with Crippen molar-refractivity contribution in [3.05, 3.63) is 71.8 Å². The molecule has 2 aromatic carbocycles. The maximum atomic E-state index is 13.0. The Bertz CT molecular complexity index is 757. The number of amides is 1. The normalized spacial score (nSPS) is 20.0. The first kappa shape index (κ1) is 15.9. The SMILES string of the molecule is COC(=O)[C@@H]1CC(=O)[C@H](c2ccccc2)N1C(=O)c1ccccc1. The van der Waals surface area contributed by atoms with E-state index in [4.69, 9.17) is 4.74 Å². The number of benzene rings is 2. The van der Waals surface area contributed by atoms with Gasteiger partial charge in [-0.05, 0) is 17.7 Å². The van der Waals surface area contributed by atoms with Crippen molar-refractivity contribution in [3.63, 3.8) is 0 Å². The number of rotatable bonds is 3. The molecule has 0 bridgehead atoms. The minimum Gasteiger partial charge on any atom is -0.467 e. The molecule has 0 aliphatic carbocycles. The maximum absolute atomic E-state index is 13.0. The molecule has 122 valence electrons. The molecular formula is C19H17NO4. The van der Waals surface area contributed by atoms with Crippen LogP contribution >= 0.6 is 0 Å². The topological polar surface area (TPSA) is 63.7 Å². The Kier molecular flexibility index (Phi) is 4.42. The summed E-state index contributed by atoms with van der Waals surface area (Å²) in [6.07, 6.45) is -0.0369. The zero-order valence-electron chi connectivity index (χ0n) is 13.2. The minimum atomic E-state index is -0.902. The number of ether oxygens (including phenoxy) is 1. The van der Waals surface area contributed by atoms with Crippen molar-refractivity contribution in [1.29, 1.82) is 0 Å². The lowest BCUT2D eigenvalue weighted by atomic mass is 10.0. The maximum Gasteiger partial charge on any atom is 0.329 e. The molecule has 1 aliphatic heterocycles. The zero-order chi connectivity index (χ0) is 17.1. The molecule has 1 heterocycles. The molecule has 24 heavy (non-hydrogen) atoms. The Hall–Kier alpha value is -2.95. The largest absolute Gasteiger partial charge is 0.467 e. The predicted molar refractivity (Wildman–Crippen MR) is 87.2 cm³/mol. The van der Waals surface area contributed by atoms with Crippen LogP contribution in [0.25, 0.3) is 0 Å².